The Balaban J connectivity index is 1.59. The van der Waals surface area contributed by atoms with Crippen LogP contribution >= 0.6 is 22.7 Å². The molecule has 0 atom stereocenters. The smallest absolute Gasteiger partial charge is 0.267 e. The number of hydrogen-bond donors (Lipinski definition) is 1. The van der Waals surface area contributed by atoms with Crippen molar-refractivity contribution >= 4 is 43.9 Å². The van der Waals surface area contributed by atoms with E-state index in [1.807, 2.05) is 0 Å². The summed E-state index contributed by atoms with van der Waals surface area (Å²) in [5, 5.41) is 5.53. The molecular formula is C21H19FN4O2S2. The molecule has 3 aromatic heterocycles. The molecule has 0 unspecified atom stereocenters. The number of hydrogen-bond acceptors (Lipinski definition) is 6. The maximum Gasteiger partial charge on any atom is 0.267 e. The molecule has 9 heteroatoms. The third kappa shape index (κ3) is 3.90. The number of thiophene rings is 1. The fraction of sp³-hybridized carbons (Fsp3) is 0.238. The first-order chi connectivity index (χ1) is 14.5. The molecule has 0 aliphatic rings. The van der Waals surface area contributed by atoms with Gasteiger partial charge in [-0.2, -0.15) is 0 Å². The molecule has 30 heavy (non-hydrogen) atoms. The molecule has 3 heterocycles. The lowest BCUT2D eigenvalue weighted by atomic mass is 10.2. The molecule has 4 rings (SSSR count). The van der Waals surface area contributed by atoms with Crippen LogP contribution in [0.2, 0.25) is 0 Å². The van der Waals surface area contributed by atoms with Crippen LogP contribution in [0.4, 0.5) is 9.52 Å². The van der Waals surface area contributed by atoms with Gasteiger partial charge < -0.3 is 0 Å². The van der Waals surface area contributed by atoms with E-state index in [1.165, 1.54) is 34.8 Å². The van der Waals surface area contributed by atoms with Crippen LogP contribution in [0.25, 0.3) is 21.5 Å². The van der Waals surface area contributed by atoms with Crippen molar-refractivity contribution in [3.05, 3.63) is 62.6 Å². The predicted molar refractivity (Wildman–Crippen MR) is 119 cm³/mol. The molecule has 1 amide bonds. The van der Waals surface area contributed by atoms with E-state index in [-0.39, 0.29) is 17.3 Å². The number of nitrogens with one attached hydrogen (secondary N) is 1. The van der Waals surface area contributed by atoms with Gasteiger partial charge in [0.15, 0.2) is 5.13 Å². The summed E-state index contributed by atoms with van der Waals surface area (Å²) in [7, 11) is 0. The highest BCUT2D eigenvalue weighted by atomic mass is 32.1. The first-order valence-electron chi connectivity index (χ1n) is 9.49. The summed E-state index contributed by atoms with van der Waals surface area (Å²) in [4.78, 5) is 35.4. The lowest BCUT2D eigenvalue weighted by Crippen LogP contribution is -2.20. The van der Waals surface area contributed by atoms with Crippen LogP contribution in [0.3, 0.4) is 0 Å². The number of benzene rings is 1. The van der Waals surface area contributed by atoms with E-state index in [0.29, 0.717) is 38.0 Å². The normalized spacial score (nSPS) is 11.2. The molecule has 6 nitrogen and oxygen atoms in total. The van der Waals surface area contributed by atoms with Gasteiger partial charge in [0.25, 0.3) is 11.5 Å². The minimum absolute atomic E-state index is 0.117. The van der Waals surface area contributed by atoms with Gasteiger partial charge in [-0.05, 0) is 43.2 Å². The summed E-state index contributed by atoms with van der Waals surface area (Å²) in [6.45, 7) is 4.45. The monoisotopic (exact) mass is 442 g/mol. The van der Waals surface area contributed by atoms with Gasteiger partial charge in [-0.15, -0.1) is 22.7 Å². The molecular weight excluding hydrogens is 423 g/mol. The number of anilines is 1. The largest absolute Gasteiger partial charge is 0.299 e. The lowest BCUT2D eigenvalue weighted by molar-refractivity contribution is 0.103. The Bertz CT molecular complexity index is 1270. The number of fused-ring (bicyclic) bond motifs is 1. The number of aromatic nitrogens is 3. The Labute approximate surface area is 180 Å². The fourth-order valence-corrected chi connectivity index (χ4v) is 4.85. The first kappa shape index (κ1) is 20.4. The van der Waals surface area contributed by atoms with Gasteiger partial charge in [0.05, 0.1) is 22.3 Å². The molecule has 0 aliphatic carbocycles. The quantitative estimate of drug-likeness (QED) is 0.452. The van der Waals surface area contributed by atoms with Crippen molar-refractivity contribution < 1.29 is 9.18 Å². The van der Waals surface area contributed by atoms with Gasteiger partial charge in [-0.1, -0.05) is 13.3 Å². The number of halogens is 1. The van der Waals surface area contributed by atoms with Crippen LogP contribution in [-0.2, 0) is 6.54 Å². The van der Waals surface area contributed by atoms with E-state index in [2.05, 4.69) is 22.2 Å². The molecule has 0 fully saturated rings. The van der Waals surface area contributed by atoms with E-state index in [1.54, 1.807) is 35.3 Å². The Hall–Kier alpha value is -2.91. The maximum absolute atomic E-state index is 13.1. The van der Waals surface area contributed by atoms with Gasteiger partial charge in [0.2, 0.25) is 0 Å². The van der Waals surface area contributed by atoms with E-state index in [0.717, 1.165) is 18.4 Å². The van der Waals surface area contributed by atoms with Crippen molar-refractivity contribution in [2.45, 2.75) is 33.2 Å². The highest BCUT2D eigenvalue weighted by molar-refractivity contribution is 7.21. The molecule has 0 spiro atoms. The van der Waals surface area contributed by atoms with Crippen LogP contribution in [0.5, 0.6) is 0 Å². The van der Waals surface area contributed by atoms with E-state index >= 15 is 0 Å². The molecule has 0 saturated carbocycles. The third-order valence-corrected chi connectivity index (χ3v) is 6.70. The van der Waals surface area contributed by atoms with Gasteiger partial charge in [0.1, 0.15) is 10.6 Å². The Morgan fingerprint density at radius 1 is 1.27 bits per heavy atom. The van der Waals surface area contributed by atoms with Crippen molar-refractivity contribution in [2.75, 3.05) is 5.32 Å². The number of thiazole rings is 1. The molecule has 154 valence electrons. The maximum atomic E-state index is 13.1. The summed E-state index contributed by atoms with van der Waals surface area (Å²) in [5.74, 6) is -0.639. The van der Waals surface area contributed by atoms with Crippen molar-refractivity contribution in [3.63, 3.8) is 0 Å². The van der Waals surface area contributed by atoms with Crippen molar-refractivity contribution in [1.82, 2.24) is 14.5 Å². The van der Waals surface area contributed by atoms with Gasteiger partial charge in [0, 0.05) is 17.5 Å². The summed E-state index contributed by atoms with van der Waals surface area (Å²) in [6.07, 6.45) is 3.42. The topological polar surface area (TPSA) is 76.9 Å². The van der Waals surface area contributed by atoms with Crippen LogP contribution in [0, 0.1) is 12.7 Å². The molecule has 0 saturated heterocycles. The summed E-state index contributed by atoms with van der Waals surface area (Å²) < 4.78 is 14.7. The highest BCUT2D eigenvalue weighted by Crippen LogP contribution is 2.29. The van der Waals surface area contributed by atoms with Gasteiger partial charge in [-0.3, -0.25) is 19.5 Å². The average Bonchev–Trinajstić information content (AvgIpc) is 3.33. The van der Waals surface area contributed by atoms with Crippen molar-refractivity contribution in [3.8, 4) is 11.3 Å². The molecule has 0 radical (unpaired) electrons. The minimum atomic E-state index is -0.324. The van der Waals surface area contributed by atoms with Crippen LogP contribution < -0.4 is 10.9 Å². The SMILES string of the molecule is CCCCn1cnc2sc(C(=O)Nc3nc(-c4ccc(F)cc4)cs3)c(C)c2c1=O. The Kier molecular flexibility index (Phi) is 5.74. The average molecular weight is 443 g/mol. The molecule has 1 aromatic carbocycles. The number of carbonyl (C=O) groups is 1. The third-order valence-electron chi connectivity index (χ3n) is 4.74. The number of amides is 1. The Morgan fingerprint density at radius 3 is 2.77 bits per heavy atom. The number of carbonyl (C=O) groups excluding carboxylic acids is 1. The zero-order valence-corrected chi connectivity index (χ0v) is 18.1. The predicted octanol–water partition coefficient (Wildman–Crippen LogP) is 5.08. The molecule has 4 aromatic rings. The van der Waals surface area contributed by atoms with Crippen molar-refractivity contribution in [1.29, 1.82) is 0 Å². The molecule has 0 aliphatic heterocycles. The summed E-state index contributed by atoms with van der Waals surface area (Å²) >= 11 is 2.49. The molecule has 0 bridgehead atoms. The fourth-order valence-electron chi connectivity index (χ4n) is 3.10. The number of rotatable bonds is 6. The first-order valence-corrected chi connectivity index (χ1v) is 11.2. The number of unbranched alkanes of at least 4 members (excludes halogenated alkanes) is 1. The van der Waals surface area contributed by atoms with Crippen LogP contribution in [-0.4, -0.2) is 20.4 Å². The van der Waals surface area contributed by atoms with E-state index < -0.39 is 0 Å². The molecule has 1 N–H and O–H groups in total. The van der Waals surface area contributed by atoms with E-state index in [4.69, 9.17) is 0 Å². The van der Waals surface area contributed by atoms with Gasteiger partial charge >= 0.3 is 0 Å². The zero-order chi connectivity index (χ0) is 21.3. The number of nitrogens with zero attached hydrogens (tertiary/aromatic N) is 3. The summed E-state index contributed by atoms with van der Waals surface area (Å²) in [5.41, 5.74) is 1.94. The number of aryl methyl sites for hydroxylation is 2. The highest BCUT2D eigenvalue weighted by Gasteiger charge is 2.20. The van der Waals surface area contributed by atoms with Gasteiger partial charge in [-0.25, -0.2) is 14.4 Å². The second kappa shape index (κ2) is 8.45. The van der Waals surface area contributed by atoms with Crippen LogP contribution in [0.1, 0.15) is 35.0 Å². The van der Waals surface area contributed by atoms with Crippen molar-refractivity contribution in [2.24, 2.45) is 0 Å². The summed E-state index contributed by atoms with van der Waals surface area (Å²) in [6, 6.07) is 6.02. The minimum Gasteiger partial charge on any atom is -0.299 e. The zero-order valence-electron chi connectivity index (χ0n) is 16.4. The standard InChI is InChI=1S/C21H19FN4O2S2/c1-3-4-9-26-11-23-19-16(20(26)28)12(2)17(30-19)18(27)25-21-24-15(10-29-21)13-5-7-14(22)8-6-13/h5-8,10-11H,3-4,9H2,1-2H3,(H,24,25,27). The Morgan fingerprint density at radius 2 is 2.03 bits per heavy atom. The van der Waals surface area contributed by atoms with E-state index in [9.17, 15) is 14.0 Å². The lowest BCUT2D eigenvalue weighted by Gasteiger charge is -2.03. The second-order valence-corrected chi connectivity index (χ2v) is 8.69. The van der Waals surface area contributed by atoms with Crippen LogP contribution in [0.15, 0.2) is 40.8 Å². The second-order valence-electron chi connectivity index (χ2n) is 6.83.